The molecule has 132 valence electrons. The van der Waals surface area contributed by atoms with Gasteiger partial charge in [0.15, 0.2) is 0 Å². The van der Waals surface area contributed by atoms with E-state index in [-0.39, 0.29) is 36.7 Å². The molecule has 0 aromatic rings. The number of aliphatic hydroxyl groups excluding tert-OH is 2. The highest BCUT2D eigenvalue weighted by Gasteiger charge is 2.60. The molecule has 0 unspecified atom stereocenters. The minimum atomic E-state index is -1.15. The monoisotopic (exact) mass is 337 g/mol. The van der Waals surface area contributed by atoms with E-state index < -0.39 is 35.9 Å². The highest BCUT2D eigenvalue weighted by molar-refractivity contribution is 6.06. The van der Waals surface area contributed by atoms with Crippen LogP contribution in [0.2, 0.25) is 0 Å². The third-order valence-corrected chi connectivity index (χ3v) is 6.26. The lowest BCUT2D eigenvalue weighted by molar-refractivity contribution is -0.156. The van der Waals surface area contributed by atoms with Gasteiger partial charge >= 0.3 is 0 Å². The van der Waals surface area contributed by atoms with Crippen LogP contribution in [0.25, 0.3) is 0 Å². The second-order valence-electron chi connectivity index (χ2n) is 7.54. The minimum absolute atomic E-state index is 0.0680. The Balaban J connectivity index is 1.60. The Hall–Kier alpha value is -1.31. The van der Waals surface area contributed by atoms with Gasteiger partial charge < -0.3 is 14.9 Å². The maximum absolute atomic E-state index is 12.9. The van der Waals surface area contributed by atoms with Crippen molar-refractivity contribution in [2.24, 2.45) is 23.7 Å². The fourth-order valence-electron chi connectivity index (χ4n) is 5.08. The van der Waals surface area contributed by atoms with E-state index >= 15 is 0 Å². The molecular weight excluding hydrogens is 314 g/mol. The summed E-state index contributed by atoms with van der Waals surface area (Å²) >= 11 is 0. The van der Waals surface area contributed by atoms with Gasteiger partial charge in [-0.3, -0.25) is 19.3 Å². The Morgan fingerprint density at radius 3 is 2.50 bits per heavy atom. The number of ketones is 1. The molecule has 2 aliphatic carbocycles. The first kappa shape index (κ1) is 16.2. The lowest BCUT2D eigenvalue weighted by Crippen LogP contribution is -2.54. The molecule has 2 aliphatic heterocycles. The number of carbonyl (C=O) groups is 3. The number of Topliss-reactive ketones (excluding diaryl/α,β-unsaturated/α-hetero) is 1. The average molecular weight is 337 g/mol. The molecule has 7 atom stereocenters. The van der Waals surface area contributed by atoms with Crippen molar-refractivity contribution in [2.45, 2.75) is 50.4 Å². The molecule has 2 N–H and O–H groups in total. The number of nitrogens with zero attached hydrogens (tertiary/aromatic N) is 1. The first-order valence-electron chi connectivity index (χ1n) is 8.84. The summed E-state index contributed by atoms with van der Waals surface area (Å²) in [4.78, 5) is 39.1. The molecule has 4 fully saturated rings. The van der Waals surface area contributed by atoms with Gasteiger partial charge in [0.1, 0.15) is 5.78 Å². The molecule has 0 radical (unpaired) electrons. The molecule has 2 saturated carbocycles. The quantitative estimate of drug-likeness (QED) is 0.658. The molecule has 7 heteroatoms. The second-order valence-corrected chi connectivity index (χ2v) is 7.54. The Labute approximate surface area is 140 Å². The molecule has 0 aromatic carbocycles. The smallest absolute Gasteiger partial charge is 0.233 e. The normalized spacial score (nSPS) is 45.5. The maximum atomic E-state index is 12.9. The molecule has 0 aromatic heterocycles. The van der Waals surface area contributed by atoms with Gasteiger partial charge in [-0.15, -0.1) is 0 Å². The van der Waals surface area contributed by atoms with E-state index in [4.69, 9.17) is 4.74 Å². The Bertz CT molecular complexity index is 571. The second kappa shape index (κ2) is 5.89. The lowest BCUT2D eigenvalue weighted by Gasteiger charge is -2.44. The van der Waals surface area contributed by atoms with Crippen LogP contribution in [0.5, 0.6) is 0 Å². The molecule has 2 saturated heterocycles. The maximum Gasteiger partial charge on any atom is 0.233 e. The van der Waals surface area contributed by atoms with Crippen LogP contribution in [0, 0.1) is 23.7 Å². The molecule has 24 heavy (non-hydrogen) atoms. The van der Waals surface area contributed by atoms with E-state index in [0.717, 1.165) is 12.8 Å². The predicted molar refractivity (Wildman–Crippen MR) is 80.5 cm³/mol. The number of aliphatic hydroxyl groups is 2. The van der Waals surface area contributed by atoms with Crippen LogP contribution >= 0.6 is 0 Å². The fraction of sp³-hybridized carbons (Fsp3) is 0.824. The van der Waals surface area contributed by atoms with Gasteiger partial charge in [0.25, 0.3) is 0 Å². The Kier molecular flexibility index (Phi) is 3.97. The molecular formula is C17H23NO6. The minimum Gasteiger partial charge on any atom is -0.390 e. The van der Waals surface area contributed by atoms with Crippen molar-refractivity contribution in [2.75, 3.05) is 13.2 Å². The van der Waals surface area contributed by atoms with Crippen LogP contribution in [0.15, 0.2) is 0 Å². The van der Waals surface area contributed by atoms with Gasteiger partial charge in [0.2, 0.25) is 11.8 Å². The van der Waals surface area contributed by atoms with E-state index in [2.05, 4.69) is 0 Å². The zero-order chi connectivity index (χ0) is 17.0. The van der Waals surface area contributed by atoms with E-state index in [9.17, 15) is 24.6 Å². The van der Waals surface area contributed by atoms with Crippen molar-refractivity contribution in [1.29, 1.82) is 0 Å². The predicted octanol–water partition coefficient (Wildman–Crippen LogP) is -0.513. The molecule has 0 bridgehead atoms. The summed E-state index contributed by atoms with van der Waals surface area (Å²) in [6, 6.07) is 0. The largest absolute Gasteiger partial charge is 0.390 e. The molecule has 2 heterocycles. The standard InChI is InChI=1S/C17H23NO6/c19-11-6-12(20)15(21)13-9(11)3-4-10-14(13)17(23)18(16(10)22)7-8-2-1-5-24-8/h8-10,12-15,20-21H,1-7H2/t8-,9+,10+,12+,13-,14+,15+/m0/s1. The third kappa shape index (κ3) is 2.33. The van der Waals surface area contributed by atoms with Gasteiger partial charge in [0, 0.05) is 24.9 Å². The van der Waals surface area contributed by atoms with E-state index in [0.29, 0.717) is 19.4 Å². The number of carbonyl (C=O) groups excluding carboxylic acids is 3. The van der Waals surface area contributed by atoms with E-state index in [1.165, 1.54) is 4.90 Å². The number of likely N-dealkylation sites (tertiary alicyclic amines) is 1. The van der Waals surface area contributed by atoms with Crippen molar-refractivity contribution in [3.63, 3.8) is 0 Å². The van der Waals surface area contributed by atoms with Crippen molar-refractivity contribution < 1.29 is 29.3 Å². The topological polar surface area (TPSA) is 104 Å². The Morgan fingerprint density at radius 2 is 1.79 bits per heavy atom. The third-order valence-electron chi connectivity index (χ3n) is 6.26. The summed E-state index contributed by atoms with van der Waals surface area (Å²) in [5.41, 5.74) is 0. The summed E-state index contributed by atoms with van der Waals surface area (Å²) in [5, 5.41) is 20.4. The first-order chi connectivity index (χ1) is 11.5. The SMILES string of the molecule is O=C1C[C@@H](O)[C@@H](O)[C@@H]2[C@@H]3C(=O)N(C[C@@H]4CCCO4)C(=O)[C@@H]3CC[C@H]12. The van der Waals surface area contributed by atoms with Crippen LogP contribution in [-0.2, 0) is 19.1 Å². The van der Waals surface area contributed by atoms with Gasteiger partial charge in [-0.05, 0) is 25.7 Å². The number of hydrogen-bond acceptors (Lipinski definition) is 6. The molecule has 2 amide bonds. The van der Waals surface area contributed by atoms with Crippen LogP contribution < -0.4 is 0 Å². The average Bonchev–Trinajstić information content (AvgIpc) is 3.15. The number of imide groups is 1. The van der Waals surface area contributed by atoms with E-state index in [1.54, 1.807) is 0 Å². The number of amides is 2. The Morgan fingerprint density at radius 1 is 1.04 bits per heavy atom. The molecule has 0 spiro atoms. The summed E-state index contributed by atoms with van der Waals surface area (Å²) in [7, 11) is 0. The van der Waals surface area contributed by atoms with Gasteiger partial charge in [-0.2, -0.15) is 0 Å². The zero-order valence-electron chi connectivity index (χ0n) is 13.5. The lowest BCUT2D eigenvalue weighted by atomic mass is 9.60. The van der Waals surface area contributed by atoms with Crippen molar-refractivity contribution >= 4 is 17.6 Å². The number of rotatable bonds is 2. The summed E-state index contributed by atoms with van der Waals surface area (Å²) < 4.78 is 5.54. The van der Waals surface area contributed by atoms with Crippen molar-refractivity contribution in [1.82, 2.24) is 4.90 Å². The zero-order valence-corrected chi connectivity index (χ0v) is 13.5. The highest BCUT2D eigenvalue weighted by Crippen LogP contribution is 2.49. The first-order valence-corrected chi connectivity index (χ1v) is 8.84. The van der Waals surface area contributed by atoms with Gasteiger partial charge in [0.05, 0.1) is 36.7 Å². The fourth-order valence-corrected chi connectivity index (χ4v) is 5.08. The van der Waals surface area contributed by atoms with Gasteiger partial charge in [-0.25, -0.2) is 0 Å². The van der Waals surface area contributed by atoms with Crippen LogP contribution in [0.4, 0.5) is 0 Å². The van der Waals surface area contributed by atoms with Crippen molar-refractivity contribution in [3.8, 4) is 0 Å². The van der Waals surface area contributed by atoms with Crippen LogP contribution in [0.3, 0.4) is 0 Å². The summed E-state index contributed by atoms with van der Waals surface area (Å²) in [6.45, 7) is 0.909. The van der Waals surface area contributed by atoms with E-state index in [1.807, 2.05) is 0 Å². The number of fused-ring (bicyclic) bond motifs is 3. The summed E-state index contributed by atoms with van der Waals surface area (Å²) in [5.74, 6) is -2.86. The summed E-state index contributed by atoms with van der Waals surface area (Å²) in [6.07, 6.45) is 0.302. The highest BCUT2D eigenvalue weighted by atomic mass is 16.5. The molecule has 4 rings (SSSR count). The number of ether oxygens (including phenoxy) is 1. The molecule has 4 aliphatic rings. The van der Waals surface area contributed by atoms with Crippen LogP contribution in [-0.4, -0.2) is 64.2 Å². The molecule has 7 nitrogen and oxygen atoms in total. The van der Waals surface area contributed by atoms with Crippen molar-refractivity contribution in [3.05, 3.63) is 0 Å². The van der Waals surface area contributed by atoms with Crippen LogP contribution in [0.1, 0.15) is 32.1 Å². The number of hydrogen-bond donors (Lipinski definition) is 2. The van der Waals surface area contributed by atoms with Gasteiger partial charge in [-0.1, -0.05) is 0 Å².